The molecule has 2 aliphatic carbocycles. The molecule has 1 saturated carbocycles. The zero-order chi connectivity index (χ0) is 24.6. The number of hydrogen-bond donors (Lipinski definition) is 3. The molecule has 0 bridgehead atoms. The van der Waals surface area contributed by atoms with Gasteiger partial charge in [-0.05, 0) is 35.1 Å². The smallest absolute Gasteiger partial charge is 0.407 e. The van der Waals surface area contributed by atoms with Crippen molar-refractivity contribution in [2.24, 2.45) is 5.92 Å². The molecule has 8 heteroatoms. The van der Waals surface area contributed by atoms with Gasteiger partial charge in [-0.1, -0.05) is 61.4 Å². The lowest BCUT2D eigenvalue weighted by Crippen LogP contribution is -2.50. The average Bonchev–Trinajstić information content (AvgIpc) is 3.42. The molecule has 2 aromatic rings. The number of aliphatic hydroxyl groups is 1. The highest BCUT2D eigenvalue weighted by Crippen LogP contribution is 2.44. The van der Waals surface area contributed by atoms with E-state index in [0.717, 1.165) is 35.1 Å². The van der Waals surface area contributed by atoms with Crippen molar-refractivity contribution in [1.29, 1.82) is 0 Å². The van der Waals surface area contributed by atoms with E-state index in [4.69, 9.17) is 4.74 Å². The molecule has 0 radical (unpaired) electrons. The number of rotatable bonds is 5. The monoisotopic (exact) mass is 478 g/mol. The standard InChI is InChI=1S/C27H30N2O6/c30-24(29-14-13-27(34,16-29)25(31)32)21-11-5-6-12-23(21)28-26(33)35-15-22-19-9-3-1-7-17(19)18-8-2-4-10-20(18)22/h1-4,7-10,21-23,34H,5-6,11-16H2,(H,28,33)(H,31,32)/t21-,23+,27?/m1/s1. The van der Waals surface area contributed by atoms with E-state index >= 15 is 0 Å². The molecule has 1 aliphatic heterocycles. The Kier molecular flexibility index (Phi) is 6.23. The number of β-amino-alcohol motifs (C(OH)–C–C–N with tert-alkyl or cyclic N) is 1. The van der Waals surface area contributed by atoms with Crippen LogP contribution in [-0.2, 0) is 14.3 Å². The van der Waals surface area contributed by atoms with Crippen LogP contribution in [-0.4, -0.2) is 64.4 Å². The fraction of sp³-hybridized carbons (Fsp3) is 0.444. The number of nitrogens with one attached hydrogen (secondary N) is 1. The molecule has 3 N–H and O–H groups in total. The Bertz CT molecular complexity index is 1100. The van der Waals surface area contributed by atoms with Gasteiger partial charge < -0.3 is 25.2 Å². The minimum atomic E-state index is -1.90. The first kappa shape index (κ1) is 23.4. The number of hydrogen-bond acceptors (Lipinski definition) is 5. The molecule has 5 rings (SSSR count). The van der Waals surface area contributed by atoms with Crippen LogP contribution in [0.15, 0.2) is 48.5 Å². The van der Waals surface area contributed by atoms with Crippen LogP contribution in [0, 0.1) is 5.92 Å². The lowest BCUT2D eigenvalue weighted by atomic mass is 9.83. The summed E-state index contributed by atoms with van der Waals surface area (Å²) in [5.74, 6) is -2.04. The van der Waals surface area contributed by atoms with Gasteiger partial charge in [0.25, 0.3) is 0 Å². The van der Waals surface area contributed by atoms with E-state index < -0.39 is 23.6 Å². The van der Waals surface area contributed by atoms with Crippen LogP contribution in [0.25, 0.3) is 11.1 Å². The van der Waals surface area contributed by atoms with Gasteiger partial charge >= 0.3 is 12.1 Å². The third-order valence-electron chi connectivity index (χ3n) is 7.69. The van der Waals surface area contributed by atoms with Crippen LogP contribution in [0.3, 0.4) is 0 Å². The van der Waals surface area contributed by atoms with Crippen LogP contribution in [0.1, 0.15) is 49.1 Å². The quantitative estimate of drug-likeness (QED) is 0.608. The molecule has 35 heavy (non-hydrogen) atoms. The van der Waals surface area contributed by atoms with Gasteiger partial charge in [0.1, 0.15) is 6.61 Å². The molecule has 3 aliphatic rings. The van der Waals surface area contributed by atoms with Gasteiger partial charge in [-0.25, -0.2) is 9.59 Å². The number of alkyl carbamates (subject to hydrolysis) is 1. The van der Waals surface area contributed by atoms with E-state index in [2.05, 4.69) is 29.6 Å². The Hall–Kier alpha value is -3.39. The number of carbonyl (C=O) groups excluding carboxylic acids is 2. The lowest BCUT2D eigenvalue weighted by Gasteiger charge is -2.33. The number of nitrogens with zero attached hydrogens (tertiary/aromatic N) is 1. The van der Waals surface area contributed by atoms with E-state index in [9.17, 15) is 24.6 Å². The fourth-order valence-corrected chi connectivity index (χ4v) is 5.78. The molecular formula is C27H30N2O6. The largest absolute Gasteiger partial charge is 0.479 e. The number of ether oxygens (including phenoxy) is 1. The molecule has 2 amide bonds. The van der Waals surface area contributed by atoms with Crippen molar-refractivity contribution >= 4 is 18.0 Å². The summed E-state index contributed by atoms with van der Waals surface area (Å²) in [5.41, 5.74) is 2.67. The van der Waals surface area contributed by atoms with Crippen LogP contribution in [0.5, 0.6) is 0 Å². The van der Waals surface area contributed by atoms with Gasteiger partial charge in [-0.3, -0.25) is 4.79 Å². The Morgan fingerprint density at radius 1 is 1.00 bits per heavy atom. The predicted octanol–water partition coefficient (Wildman–Crippen LogP) is 3.13. The number of amides is 2. The summed E-state index contributed by atoms with van der Waals surface area (Å²) in [6.45, 7) is 0.161. The van der Waals surface area contributed by atoms with Crippen molar-refractivity contribution in [3.8, 4) is 11.1 Å². The van der Waals surface area contributed by atoms with Crippen molar-refractivity contribution in [2.75, 3.05) is 19.7 Å². The molecule has 184 valence electrons. The lowest BCUT2D eigenvalue weighted by molar-refractivity contribution is -0.157. The number of carboxylic acids is 1. The van der Waals surface area contributed by atoms with Crippen LogP contribution in [0.2, 0.25) is 0 Å². The van der Waals surface area contributed by atoms with E-state index in [0.29, 0.717) is 12.8 Å². The molecule has 1 saturated heterocycles. The molecular weight excluding hydrogens is 448 g/mol. The minimum Gasteiger partial charge on any atom is -0.479 e. The highest BCUT2D eigenvalue weighted by atomic mass is 16.5. The maximum Gasteiger partial charge on any atom is 0.407 e. The van der Waals surface area contributed by atoms with Gasteiger partial charge in [0.05, 0.1) is 12.5 Å². The van der Waals surface area contributed by atoms with Gasteiger partial charge in [0.2, 0.25) is 5.91 Å². The number of aliphatic carboxylic acids is 1. The van der Waals surface area contributed by atoms with Crippen molar-refractivity contribution in [3.05, 3.63) is 59.7 Å². The third kappa shape index (κ3) is 4.38. The van der Waals surface area contributed by atoms with Gasteiger partial charge in [-0.2, -0.15) is 0 Å². The Labute approximate surface area is 203 Å². The first-order valence-corrected chi connectivity index (χ1v) is 12.2. The van der Waals surface area contributed by atoms with Gasteiger partial charge in [-0.15, -0.1) is 0 Å². The summed E-state index contributed by atoms with van der Waals surface area (Å²) < 4.78 is 5.67. The third-order valence-corrected chi connectivity index (χ3v) is 7.69. The maximum atomic E-state index is 13.2. The predicted molar refractivity (Wildman–Crippen MR) is 128 cm³/mol. The second-order valence-electron chi connectivity index (χ2n) is 9.81. The van der Waals surface area contributed by atoms with Crippen LogP contribution < -0.4 is 5.32 Å². The number of fused-ring (bicyclic) bond motifs is 3. The first-order valence-electron chi connectivity index (χ1n) is 12.2. The molecule has 1 heterocycles. The van der Waals surface area contributed by atoms with E-state index in [1.807, 2.05) is 24.3 Å². The van der Waals surface area contributed by atoms with Crippen LogP contribution in [0.4, 0.5) is 4.79 Å². The van der Waals surface area contributed by atoms with Crippen molar-refractivity contribution < 1.29 is 29.3 Å². The Morgan fingerprint density at radius 3 is 2.26 bits per heavy atom. The van der Waals surface area contributed by atoms with E-state index in [1.54, 1.807) is 0 Å². The SMILES string of the molecule is O=C(N[C@H]1CCCC[C@H]1C(=O)N1CCC(O)(C(=O)O)C1)OCC1c2ccccc2-c2ccccc21. The molecule has 8 nitrogen and oxygen atoms in total. The normalized spacial score (nSPS) is 25.6. The second kappa shape index (κ2) is 9.34. The Balaban J connectivity index is 1.23. The first-order chi connectivity index (χ1) is 16.9. The number of likely N-dealkylation sites (tertiary alicyclic amines) is 1. The second-order valence-corrected chi connectivity index (χ2v) is 9.81. The minimum absolute atomic E-state index is 0.00523. The highest BCUT2D eigenvalue weighted by molar-refractivity contribution is 5.84. The Morgan fingerprint density at radius 2 is 1.63 bits per heavy atom. The highest BCUT2D eigenvalue weighted by Gasteiger charge is 2.47. The average molecular weight is 479 g/mol. The van der Waals surface area contributed by atoms with Crippen LogP contribution >= 0.6 is 0 Å². The number of benzene rings is 2. The summed E-state index contributed by atoms with van der Waals surface area (Å²) in [5, 5.41) is 22.4. The number of carboxylic acid groups (broad SMARTS) is 1. The van der Waals surface area contributed by atoms with Crippen molar-refractivity contribution in [3.63, 3.8) is 0 Å². The fourth-order valence-electron chi connectivity index (χ4n) is 5.78. The number of carbonyl (C=O) groups is 3. The summed E-state index contributed by atoms with van der Waals surface area (Å²) >= 11 is 0. The van der Waals surface area contributed by atoms with E-state index in [1.165, 1.54) is 4.90 Å². The molecule has 2 aromatic carbocycles. The summed E-state index contributed by atoms with van der Waals surface area (Å²) in [6, 6.07) is 15.9. The van der Waals surface area contributed by atoms with E-state index in [-0.39, 0.29) is 44.0 Å². The summed E-state index contributed by atoms with van der Waals surface area (Å²) in [6.07, 6.45) is 2.45. The summed E-state index contributed by atoms with van der Waals surface area (Å²) in [4.78, 5) is 38.7. The summed E-state index contributed by atoms with van der Waals surface area (Å²) in [7, 11) is 0. The van der Waals surface area contributed by atoms with Crippen molar-refractivity contribution in [1.82, 2.24) is 10.2 Å². The zero-order valence-corrected chi connectivity index (χ0v) is 19.5. The zero-order valence-electron chi connectivity index (χ0n) is 19.5. The molecule has 1 unspecified atom stereocenters. The molecule has 0 aromatic heterocycles. The molecule has 0 spiro atoms. The maximum absolute atomic E-state index is 13.2. The van der Waals surface area contributed by atoms with Gasteiger partial charge in [0.15, 0.2) is 5.60 Å². The molecule has 2 fully saturated rings. The van der Waals surface area contributed by atoms with Crippen molar-refractivity contribution in [2.45, 2.75) is 49.7 Å². The molecule has 3 atom stereocenters. The van der Waals surface area contributed by atoms with Gasteiger partial charge in [0, 0.05) is 24.9 Å². The topological polar surface area (TPSA) is 116 Å².